The molecule has 0 N–H and O–H groups in total. The Balaban J connectivity index is 1.42. The third kappa shape index (κ3) is 4.33. The molecule has 1 amide bonds. The Kier molecular flexibility index (Phi) is 5.81. The van der Waals surface area contributed by atoms with E-state index in [4.69, 9.17) is 14.2 Å². The summed E-state index contributed by atoms with van der Waals surface area (Å²) in [6, 6.07) is 3.42. The molecule has 1 aliphatic rings. The number of methoxy groups -OCH3 is 1. The summed E-state index contributed by atoms with van der Waals surface area (Å²) in [5.41, 5.74) is 3.10. The first-order valence-electron chi connectivity index (χ1n) is 9.85. The van der Waals surface area contributed by atoms with Crippen LogP contribution in [-0.2, 0) is 9.47 Å². The minimum Gasteiger partial charge on any atom is -0.489 e. The van der Waals surface area contributed by atoms with Gasteiger partial charge in [0.15, 0.2) is 5.65 Å². The summed E-state index contributed by atoms with van der Waals surface area (Å²) in [5.74, 6) is -0.186. The predicted molar refractivity (Wildman–Crippen MR) is 109 cm³/mol. The first-order chi connectivity index (χ1) is 15.0. The average Bonchev–Trinajstić information content (AvgIpc) is 3.18. The quantitative estimate of drug-likeness (QED) is 0.565. The Morgan fingerprint density at radius 1 is 1.23 bits per heavy atom. The van der Waals surface area contributed by atoms with Crippen molar-refractivity contribution in [3.63, 3.8) is 0 Å². The maximum absolute atomic E-state index is 13.1. The van der Waals surface area contributed by atoms with Crippen LogP contribution in [0.2, 0.25) is 0 Å². The van der Waals surface area contributed by atoms with Crippen LogP contribution in [0.25, 0.3) is 5.65 Å². The molecule has 162 valence electrons. The van der Waals surface area contributed by atoms with Crippen LogP contribution in [0, 0.1) is 13.8 Å². The molecule has 0 aliphatic carbocycles. The van der Waals surface area contributed by atoms with E-state index >= 15 is 0 Å². The predicted octanol–water partition coefficient (Wildman–Crippen LogP) is 1.45. The van der Waals surface area contributed by atoms with Crippen molar-refractivity contribution in [2.75, 3.05) is 33.4 Å². The smallest absolute Gasteiger partial charge is 0.339 e. The maximum Gasteiger partial charge on any atom is 0.339 e. The highest BCUT2D eigenvalue weighted by Gasteiger charge is 2.27. The van der Waals surface area contributed by atoms with Gasteiger partial charge in [0.25, 0.3) is 5.91 Å². The van der Waals surface area contributed by atoms with Gasteiger partial charge in [0.1, 0.15) is 18.5 Å². The van der Waals surface area contributed by atoms with E-state index in [-0.39, 0.29) is 18.6 Å². The van der Waals surface area contributed by atoms with Gasteiger partial charge in [0.2, 0.25) is 0 Å². The molecule has 0 saturated carbocycles. The first kappa shape index (κ1) is 20.7. The van der Waals surface area contributed by atoms with Gasteiger partial charge in [0, 0.05) is 25.0 Å². The number of hydrogen-bond donors (Lipinski definition) is 0. The van der Waals surface area contributed by atoms with Crippen molar-refractivity contribution in [2.45, 2.75) is 20.0 Å². The lowest BCUT2D eigenvalue weighted by Crippen LogP contribution is -2.47. The molecule has 1 fully saturated rings. The van der Waals surface area contributed by atoms with E-state index in [1.807, 2.05) is 19.9 Å². The summed E-state index contributed by atoms with van der Waals surface area (Å²) in [7, 11) is 1.31. The van der Waals surface area contributed by atoms with Crippen molar-refractivity contribution in [2.24, 2.45) is 0 Å². The number of aryl methyl sites for hydroxylation is 2. The number of carbonyl (C=O) groups is 2. The number of morpholine rings is 1. The highest BCUT2D eigenvalue weighted by Crippen LogP contribution is 2.17. The molecule has 10 nitrogen and oxygen atoms in total. The fraction of sp³-hybridized carbons (Fsp3) is 0.381. The summed E-state index contributed by atoms with van der Waals surface area (Å²) in [6.45, 7) is 5.21. The summed E-state index contributed by atoms with van der Waals surface area (Å²) in [4.78, 5) is 34.8. The van der Waals surface area contributed by atoms with E-state index in [2.05, 4.69) is 15.1 Å². The van der Waals surface area contributed by atoms with E-state index in [1.165, 1.54) is 19.5 Å². The monoisotopic (exact) mass is 425 g/mol. The van der Waals surface area contributed by atoms with Gasteiger partial charge in [0.05, 0.1) is 49.0 Å². The minimum atomic E-state index is -0.489. The van der Waals surface area contributed by atoms with Crippen LogP contribution in [0.1, 0.15) is 32.1 Å². The van der Waals surface area contributed by atoms with Crippen LogP contribution in [0.15, 0.2) is 30.7 Å². The number of ether oxygens (including phenoxy) is 3. The first-order valence-corrected chi connectivity index (χ1v) is 9.85. The number of pyridine rings is 1. The minimum absolute atomic E-state index is 0.122. The summed E-state index contributed by atoms with van der Waals surface area (Å²) < 4.78 is 17.9. The molecule has 4 rings (SSSR count). The molecule has 4 heterocycles. The molecule has 0 radical (unpaired) electrons. The molecule has 1 unspecified atom stereocenters. The number of fused-ring (bicyclic) bond motifs is 1. The van der Waals surface area contributed by atoms with Crippen LogP contribution < -0.4 is 4.74 Å². The molecule has 1 aliphatic heterocycles. The second kappa shape index (κ2) is 8.68. The lowest BCUT2D eigenvalue weighted by atomic mass is 10.2. The Labute approximate surface area is 178 Å². The second-order valence-electron chi connectivity index (χ2n) is 7.27. The highest BCUT2D eigenvalue weighted by atomic mass is 16.5. The molecule has 1 atom stereocenters. The van der Waals surface area contributed by atoms with Crippen LogP contribution in [-0.4, -0.2) is 75.9 Å². The maximum atomic E-state index is 13.1. The number of aromatic nitrogens is 4. The number of carbonyl (C=O) groups excluding carboxylic acids is 2. The van der Waals surface area contributed by atoms with Gasteiger partial charge in [-0.25, -0.2) is 14.3 Å². The lowest BCUT2D eigenvalue weighted by Gasteiger charge is -2.33. The van der Waals surface area contributed by atoms with E-state index in [0.29, 0.717) is 42.2 Å². The Morgan fingerprint density at radius 3 is 2.87 bits per heavy atom. The van der Waals surface area contributed by atoms with Crippen molar-refractivity contribution in [1.82, 2.24) is 24.5 Å². The van der Waals surface area contributed by atoms with Crippen LogP contribution >= 0.6 is 0 Å². The molecule has 31 heavy (non-hydrogen) atoms. The lowest BCUT2D eigenvalue weighted by molar-refractivity contribution is -0.0402. The summed E-state index contributed by atoms with van der Waals surface area (Å²) >= 11 is 0. The van der Waals surface area contributed by atoms with Gasteiger partial charge >= 0.3 is 5.97 Å². The van der Waals surface area contributed by atoms with Gasteiger partial charge in [-0.1, -0.05) is 0 Å². The number of hydrogen-bond acceptors (Lipinski definition) is 8. The molecular formula is C21H23N5O5. The second-order valence-corrected chi connectivity index (χ2v) is 7.27. The van der Waals surface area contributed by atoms with Gasteiger partial charge in [-0.05, 0) is 19.9 Å². The van der Waals surface area contributed by atoms with E-state index < -0.39 is 5.97 Å². The van der Waals surface area contributed by atoms with Crippen LogP contribution in [0.5, 0.6) is 5.75 Å². The van der Waals surface area contributed by atoms with Crippen LogP contribution in [0.3, 0.4) is 0 Å². The molecule has 3 aromatic rings. The number of esters is 1. The van der Waals surface area contributed by atoms with Crippen molar-refractivity contribution < 1.29 is 23.8 Å². The van der Waals surface area contributed by atoms with Crippen LogP contribution in [0.4, 0.5) is 0 Å². The number of rotatable bonds is 5. The molecule has 10 heteroatoms. The Hall–Kier alpha value is -3.53. The van der Waals surface area contributed by atoms with E-state index in [1.54, 1.807) is 21.7 Å². The van der Waals surface area contributed by atoms with Crippen molar-refractivity contribution in [1.29, 1.82) is 0 Å². The van der Waals surface area contributed by atoms with Gasteiger partial charge < -0.3 is 19.1 Å². The zero-order valence-electron chi connectivity index (χ0n) is 17.6. The zero-order valence-corrected chi connectivity index (χ0v) is 17.6. The summed E-state index contributed by atoms with van der Waals surface area (Å²) in [6.07, 6.45) is 4.20. The average molecular weight is 425 g/mol. The highest BCUT2D eigenvalue weighted by molar-refractivity contribution is 5.95. The molecular weight excluding hydrogens is 402 g/mol. The Morgan fingerprint density at radius 2 is 2.06 bits per heavy atom. The largest absolute Gasteiger partial charge is 0.489 e. The zero-order chi connectivity index (χ0) is 22.0. The third-order valence-corrected chi connectivity index (χ3v) is 5.07. The van der Waals surface area contributed by atoms with E-state index in [9.17, 15) is 9.59 Å². The van der Waals surface area contributed by atoms with Crippen molar-refractivity contribution in [3.05, 3.63) is 53.2 Å². The van der Waals surface area contributed by atoms with E-state index in [0.717, 1.165) is 11.4 Å². The molecule has 0 bridgehead atoms. The fourth-order valence-electron chi connectivity index (χ4n) is 3.46. The van der Waals surface area contributed by atoms with Crippen molar-refractivity contribution >= 4 is 17.5 Å². The Bertz CT molecular complexity index is 1130. The number of amides is 1. The van der Waals surface area contributed by atoms with Gasteiger partial charge in [-0.2, -0.15) is 5.10 Å². The normalized spacial score (nSPS) is 16.4. The fourth-order valence-corrected chi connectivity index (χ4v) is 3.46. The standard InChI is InChI=1S/C21H23N5O5/c1-13-6-19-23-10-18(14(2)26(19)24-13)20(27)25-4-5-30-17(11-25)12-31-16-7-15(8-22-9-16)21(28)29-3/h6-10,17H,4-5,11-12H2,1-3H3. The number of nitrogens with zero attached hydrogens (tertiary/aromatic N) is 5. The molecule has 0 aromatic carbocycles. The third-order valence-electron chi connectivity index (χ3n) is 5.07. The van der Waals surface area contributed by atoms with Gasteiger partial charge in [-0.3, -0.25) is 9.78 Å². The SMILES string of the molecule is COC(=O)c1cncc(OCC2CN(C(=O)c3cnc4cc(C)nn4c3C)CCO2)c1. The van der Waals surface area contributed by atoms with Crippen molar-refractivity contribution in [3.8, 4) is 5.75 Å². The summed E-state index contributed by atoms with van der Waals surface area (Å²) in [5, 5.41) is 4.40. The molecule has 0 spiro atoms. The topological polar surface area (TPSA) is 108 Å². The van der Waals surface area contributed by atoms with Gasteiger partial charge in [-0.15, -0.1) is 0 Å². The molecule has 1 saturated heterocycles. The molecule has 3 aromatic heterocycles.